The van der Waals surface area contributed by atoms with Crippen LogP contribution in [0.5, 0.6) is 0 Å². The Labute approximate surface area is 155 Å². The molecule has 0 aliphatic carbocycles. The lowest BCUT2D eigenvalue weighted by atomic mass is 9.90. The van der Waals surface area contributed by atoms with Gasteiger partial charge in [-0.1, -0.05) is 31.2 Å². The van der Waals surface area contributed by atoms with Crippen LogP contribution in [-0.2, 0) is 24.7 Å². The van der Waals surface area contributed by atoms with E-state index in [9.17, 15) is 4.79 Å². The molecule has 0 unspecified atom stereocenters. The number of hydrogen-bond acceptors (Lipinski definition) is 3. The van der Waals surface area contributed by atoms with E-state index in [1.807, 2.05) is 19.4 Å². The second-order valence-corrected chi connectivity index (χ2v) is 6.53. The summed E-state index contributed by atoms with van der Waals surface area (Å²) in [5.41, 5.74) is 3.75. The molecule has 0 spiro atoms. The molecular weight excluding hydrogens is 336 g/mol. The van der Waals surface area contributed by atoms with Gasteiger partial charge in [0.25, 0.3) is 0 Å². The summed E-state index contributed by atoms with van der Waals surface area (Å²) in [5.74, 6) is 0.332. The maximum absolute atomic E-state index is 12.5. The molecule has 0 bridgehead atoms. The molecule has 2 atom stereocenters. The third kappa shape index (κ3) is 4.83. The summed E-state index contributed by atoms with van der Waals surface area (Å²) in [5, 5.41) is 10.7. The molecule has 25 heavy (non-hydrogen) atoms. The van der Waals surface area contributed by atoms with Crippen LogP contribution in [0.3, 0.4) is 0 Å². The van der Waals surface area contributed by atoms with Crippen LogP contribution in [-0.4, -0.2) is 35.3 Å². The fourth-order valence-electron chi connectivity index (χ4n) is 3.34. The summed E-state index contributed by atoms with van der Waals surface area (Å²) >= 11 is 0. The predicted octanol–water partition coefficient (Wildman–Crippen LogP) is 2.07. The normalized spacial score (nSPS) is 19.4. The molecule has 136 valence electrons. The van der Waals surface area contributed by atoms with Crippen LogP contribution < -0.4 is 10.6 Å². The molecule has 2 N–H and O–H groups in total. The van der Waals surface area contributed by atoms with Gasteiger partial charge in [0.15, 0.2) is 0 Å². The summed E-state index contributed by atoms with van der Waals surface area (Å²) in [6.07, 6.45) is 5.80. The van der Waals surface area contributed by atoms with Gasteiger partial charge in [-0.15, -0.1) is 12.4 Å². The molecule has 5 nitrogen and oxygen atoms in total. The first-order valence-electron chi connectivity index (χ1n) is 8.72. The maximum Gasteiger partial charge on any atom is 0.225 e. The highest BCUT2D eigenvalue weighted by Gasteiger charge is 2.34. The van der Waals surface area contributed by atoms with E-state index in [0.29, 0.717) is 6.54 Å². The number of benzene rings is 1. The van der Waals surface area contributed by atoms with Gasteiger partial charge in [-0.2, -0.15) is 5.10 Å². The van der Waals surface area contributed by atoms with Crippen molar-refractivity contribution >= 4 is 18.3 Å². The molecule has 2 heterocycles. The fraction of sp³-hybridized carbons (Fsp3) is 0.474. The first-order valence-corrected chi connectivity index (χ1v) is 8.72. The van der Waals surface area contributed by atoms with E-state index in [4.69, 9.17) is 0 Å². The van der Waals surface area contributed by atoms with Crippen LogP contribution in [0.15, 0.2) is 36.7 Å². The van der Waals surface area contributed by atoms with Crippen molar-refractivity contribution in [3.8, 4) is 0 Å². The number of nitrogens with zero attached hydrogens (tertiary/aromatic N) is 2. The Bertz CT molecular complexity index is 683. The Kier molecular flexibility index (Phi) is 7.02. The second-order valence-electron chi connectivity index (χ2n) is 6.53. The molecule has 0 saturated carbocycles. The number of aromatic nitrogens is 2. The highest BCUT2D eigenvalue weighted by molar-refractivity contribution is 5.85. The fourth-order valence-corrected chi connectivity index (χ4v) is 3.34. The van der Waals surface area contributed by atoms with Crippen LogP contribution in [0.2, 0.25) is 0 Å². The van der Waals surface area contributed by atoms with Crippen molar-refractivity contribution in [3.05, 3.63) is 53.3 Å². The highest BCUT2D eigenvalue weighted by Crippen LogP contribution is 2.27. The lowest BCUT2D eigenvalue weighted by Gasteiger charge is -2.17. The van der Waals surface area contributed by atoms with Crippen molar-refractivity contribution in [2.75, 3.05) is 19.6 Å². The Hall–Kier alpha value is -1.85. The minimum atomic E-state index is -0.0170. The number of halogens is 1. The second kappa shape index (κ2) is 9.02. The first kappa shape index (κ1) is 19.5. The number of aryl methyl sites for hydroxylation is 2. The summed E-state index contributed by atoms with van der Waals surface area (Å²) in [4.78, 5) is 12.5. The van der Waals surface area contributed by atoms with E-state index in [2.05, 4.69) is 46.9 Å². The number of carbonyl (C=O) groups excluding carboxylic acids is 1. The molecule has 3 rings (SSSR count). The van der Waals surface area contributed by atoms with Crippen molar-refractivity contribution in [3.63, 3.8) is 0 Å². The molecule has 6 heteroatoms. The molecule has 1 saturated heterocycles. The van der Waals surface area contributed by atoms with Gasteiger partial charge in [0.1, 0.15) is 0 Å². The molecule has 1 fully saturated rings. The quantitative estimate of drug-likeness (QED) is 0.827. The summed E-state index contributed by atoms with van der Waals surface area (Å²) in [6, 6.07) is 8.63. The number of carbonyl (C=O) groups is 1. The first-order chi connectivity index (χ1) is 11.7. The van der Waals surface area contributed by atoms with E-state index in [1.165, 1.54) is 11.1 Å². The molecule has 1 aliphatic rings. The number of rotatable bonds is 6. The molecular formula is C19H27ClN4O. The molecule has 1 aromatic carbocycles. The van der Waals surface area contributed by atoms with Crippen LogP contribution in [0.4, 0.5) is 0 Å². The zero-order chi connectivity index (χ0) is 16.9. The Balaban J connectivity index is 0.00000225. The SMILES string of the molecule is CCc1ccc(CCNC(=O)[C@H]2CNC[C@@H]2c2cnn(C)c2)cc1.Cl. The number of hydrogen-bond donors (Lipinski definition) is 2. The number of nitrogens with one attached hydrogen (secondary N) is 2. The van der Waals surface area contributed by atoms with Gasteiger partial charge < -0.3 is 10.6 Å². The lowest BCUT2D eigenvalue weighted by molar-refractivity contribution is -0.124. The maximum atomic E-state index is 12.5. The van der Waals surface area contributed by atoms with Gasteiger partial charge in [-0.05, 0) is 29.5 Å². The highest BCUT2D eigenvalue weighted by atomic mass is 35.5. The average Bonchev–Trinajstić information content (AvgIpc) is 3.24. The van der Waals surface area contributed by atoms with Gasteiger partial charge in [0.2, 0.25) is 5.91 Å². The van der Waals surface area contributed by atoms with Gasteiger partial charge >= 0.3 is 0 Å². The van der Waals surface area contributed by atoms with Crippen molar-refractivity contribution in [1.29, 1.82) is 0 Å². The molecule has 2 aromatic rings. The largest absolute Gasteiger partial charge is 0.355 e. The standard InChI is InChI=1S/C19H26N4O.ClH/c1-3-14-4-6-15(7-5-14)8-9-21-19(24)18-12-20-11-17(18)16-10-22-23(2)13-16;/h4-7,10,13,17-18,20H,3,8-9,11-12H2,1-2H3,(H,21,24);1H/t17-,18+;/m1./s1. The van der Waals surface area contributed by atoms with E-state index < -0.39 is 0 Å². The third-order valence-electron chi connectivity index (χ3n) is 4.85. The molecule has 1 aliphatic heterocycles. The van der Waals surface area contributed by atoms with E-state index in [0.717, 1.165) is 31.5 Å². The van der Waals surface area contributed by atoms with Gasteiger partial charge in [-0.3, -0.25) is 9.48 Å². The minimum Gasteiger partial charge on any atom is -0.355 e. The van der Waals surface area contributed by atoms with Crippen LogP contribution in [0.25, 0.3) is 0 Å². The lowest BCUT2D eigenvalue weighted by Crippen LogP contribution is -2.35. The van der Waals surface area contributed by atoms with E-state index in [-0.39, 0.29) is 30.2 Å². The zero-order valence-corrected chi connectivity index (χ0v) is 15.7. The smallest absolute Gasteiger partial charge is 0.225 e. The van der Waals surface area contributed by atoms with Crippen molar-refractivity contribution in [2.24, 2.45) is 13.0 Å². The Morgan fingerprint density at radius 3 is 2.64 bits per heavy atom. The van der Waals surface area contributed by atoms with E-state index in [1.54, 1.807) is 4.68 Å². The van der Waals surface area contributed by atoms with E-state index >= 15 is 0 Å². The Morgan fingerprint density at radius 2 is 2.00 bits per heavy atom. The Morgan fingerprint density at radius 1 is 1.28 bits per heavy atom. The predicted molar refractivity (Wildman–Crippen MR) is 102 cm³/mol. The summed E-state index contributed by atoms with van der Waals surface area (Å²) in [7, 11) is 1.91. The topological polar surface area (TPSA) is 59.0 Å². The van der Waals surface area contributed by atoms with Crippen molar-refractivity contribution in [2.45, 2.75) is 25.7 Å². The molecule has 1 aromatic heterocycles. The zero-order valence-electron chi connectivity index (χ0n) is 14.9. The van der Waals surface area contributed by atoms with Crippen molar-refractivity contribution < 1.29 is 4.79 Å². The van der Waals surface area contributed by atoms with Gasteiger partial charge in [0, 0.05) is 38.8 Å². The average molecular weight is 363 g/mol. The van der Waals surface area contributed by atoms with Crippen LogP contribution >= 0.6 is 12.4 Å². The number of amides is 1. The van der Waals surface area contributed by atoms with Gasteiger partial charge in [-0.25, -0.2) is 0 Å². The van der Waals surface area contributed by atoms with Crippen LogP contribution in [0.1, 0.15) is 29.5 Å². The van der Waals surface area contributed by atoms with Crippen LogP contribution in [0, 0.1) is 5.92 Å². The summed E-state index contributed by atoms with van der Waals surface area (Å²) in [6.45, 7) is 4.41. The van der Waals surface area contributed by atoms with Gasteiger partial charge in [0.05, 0.1) is 12.1 Å². The third-order valence-corrected chi connectivity index (χ3v) is 4.85. The molecule has 0 radical (unpaired) electrons. The minimum absolute atomic E-state index is 0. The monoisotopic (exact) mass is 362 g/mol. The van der Waals surface area contributed by atoms with Crippen molar-refractivity contribution in [1.82, 2.24) is 20.4 Å². The molecule has 1 amide bonds. The summed E-state index contributed by atoms with van der Waals surface area (Å²) < 4.78 is 1.79.